The number of nitrogens with one attached hydrogen (secondary N) is 2. The minimum Gasteiger partial charge on any atom is -0.360 e. The lowest BCUT2D eigenvalue weighted by Gasteiger charge is -2.21. The molecule has 0 amide bonds. The molecule has 0 aliphatic carbocycles. The van der Waals surface area contributed by atoms with Crippen LogP contribution in [0, 0.1) is 5.92 Å². The molecule has 5 heteroatoms. The summed E-state index contributed by atoms with van der Waals surface area (Å²) in [4.78, 5) is 12.1. The Hall–Kier alpha value is -1.59. The van der Waals surface area contributed by atoms with E-state index in [-0.39, 0.29) is 0 Å². The number of fused-ring (bicyclic) bond motifs is 3. The van der Waals surface area contributed by atoms with E-state index in [9.17, 15) is 0 Å². The largest absolute Gasteiger partial charge is 0.360 e. The summed E-state index contributed by atoms with van der Waals surface area (Å²) in [6, 6.07) is 4.31. The van der Waals surface area contributed by atoms with Crippen molar-refractivity contribution in [3.8, 4) is 0 Å². The van der Waals surface area contributed by atoms with Crippen LogP contribution in [-0.2, 0) is 0 Å². The second-order valence-electron chi connectivity index (χ2n) is 6.54. The molecule has 2 N–H and O–H groups in total. The third kappa shape index (κ3) is 3.51. The van der Waals surface area contributed by atoms with E-state index in [1.165, 1.54) is 17.4 Å². The Morgan fingerprint density at radius 3 is 2.91 bits per heavy atom. The van der Waals surface area contributed by atoms with Gasteiger partial charge in [-0.2, -0.15) is 0 Å². The van der Waals surface area contributed by atoms with E-state index in [1.807, 2.05) is 18.6 Å². The van der Waals surface area contributed by atoms with E-state index >= 15 is 0 Å². The van der Waals surface area contributed by atoms with Gasteiger partial charge in [0.15, 0.2) is 5.65 Å². The van der Waals surface area contributed by atoms with E-state index < -0.39 is 0 Å². The minimum absolute atomic E-state index is 0.536. The zero-order chi connectivity index (χ0) is 16.2. The summed E-state index contributed by atoms with van der Waals surface area (Å²) < 4.78 is 2.96. The highest BCUT2D eigenvalue weighted by molar-refractivity contribution is 7.78. The van der Waals surface area contributed by atoms with Gasteiger partial charge in [0, 0.05) is 29.7 Å². The zero-order valence-corrected chi connectivity index (χ0v) is 14.6. The van der Waals surface area contributed by atoms with Gasteiger partial charge in [-0.3, -0.25) is 4.72 Å². The zero-order valence-electron chi connectivity index (χ0n) is 13.7. The number of thiol groups is 1. The third-order valence-electron chi connectivity index (χ3n) is 4.36. The highest BCUT2D eigenvalue weighted by Crippen LogP contribution is 2.35. The maximum absolute atomic E-state index is 4.44. The van der Waals surface area contributed by atoms with Crippen molar-refractivity contribution < 1.29 is 0 Å². The van der Waals surface area contributed by atoms with Crippen molar-refractivity contribution in [1.29, 1.82) is 0 Å². The number of aromatic amines is 1. The highest BCUT2D eigenvalue weighted by atomic mass is 32.1. The van der Waals surface area contributed by atoms with Gasteiger partial charge in [-0.05, 0) is 48.8 Å². The molecular weight excluding hydrogens is 304 g/mol. The predicted molar refractivity (Wildman–Crippen MR) is 99.8 cm³/mol. The molecule has 1 unspecified atom stereocenters. The average molecular weight is 328 g/mol. The monoisotopic (exact) mass is 328 g/mol. The molecule has 0 radical (unpaired) electrons. The number of aromatic nitrogens is 3. The van der Waals surface area contributed by atoms with Gasteiger partial charge in [0.05, 0.1) is 11.7 Å². The second-order valence-corrected chi connectivity index (χ2v) is 6.86. The van der Waals surface area contributed by atoms with E-state index in [0.717, 1.165) is 35.9 Å². The molecule has 23 heavy (non-hydrogen) atoms. The van der Waals surface area contributed by atoms with Crippen LogP contribution in [0.3, 0.4) is 0 Å². The summed E-state index contributed by atoms with van der Waals surface area (Å²) >= 11 is 4.11. The number of H-pyrrole nitrogens is 1. The molecule has 0 spiro atoms. The van der Waals surface area contributed by atoms with E-state index in [1.54, 1.807) is 0 Å². The highest BCUT2D eigenvalue weighted by Gasteiger charge is 2.18. The normalized spacial score (nSPS) is 13.2. The maximum Gasteiger partial charge on any atom is 0.159 e. The Kier molecular flexibility index (Phi) is 5.18. The standard InChI is InChI=1S/C18H24N4S/c1-12(2)10-13(4-3-7-22-23)14-5-8-19-16-11-21-18-15(17(14)16)6-9-20-18/h5-6,8-9,11-13,19,22-23H,3-4,7,10H2,1-2H3. The van der Waals surface area contributed by atoms with Crippen molar-refractivity contribution in [1.82, 2.24) is 19.7 Å². The van der Waals surface area contributed by atoms with Gasteiger partial charge in [-0.15, -0.1) is 0 Å². The molecule has 0 aliphatic heterocycles. The van der Waals surface area contributed by atoms with Crippen LogP contribution >= 0.6 is 12.8 Å². The molecule has 0 aliphatic rings. The van der Waals surface area contributed by atoms with Crippen LogP contribution in [0.5, 0.6) is 0 Å². The summed E-state index contributed by atoms with van der Waals surface area (Å²) in [6.45, 7) is 5.52. The Bertz CT molecular complexity index is 781. The first-order valence-corrected chi connectivity index (χ1v) is 8.73. The quantitative estimate of drug-likeness (QED) is 0.443. The molecule has 3 aromatic heterocycles. The number of pyridine rings is 2. The van der Waals surface area contributed by atoms with Crippen LogP contribution in [0.1, 0.15) is 44.6 Å². The summed E-state index contributed by atoms with van der Waals surface area (Å²) in [5.74, 6) is 1.20. The molecule has 0 aromatic carbocycles. The van der Waals surface area contributed by atoms with Gasteiger partial charge >= 0.3 is 0 Å². The molecule has 1 atom stereocenters. The van der Waals surface area contributed by atoms with Crippen LogP contribution in [0.2, 0.25) is 0 Å². The fourth-order valence-corrected chi connectivity index (χ4v) is 3.58. The van der Waals surface area contributed by atoms with E-state index in [4.69, 9.17) is 0 Å². The lowest BCUT2D eigenvalue weighted by molar-refractivity contribution is 0.468. The molecular formula is C18H24N4S. The van der Waals surface area contributed by atoms with Crippen LogP contribution in [0.15, 0.2) is 30.7 Å². The fourth-order valence-electron chi connectivity index (χ4n) is 3.42. The fraction of sp³-hybridized carbons (Fsp3) is 0.444. The molecule has 0 bridgehead atoms. The van der Waals surface area contributed by atoms with Crippen molar-refractivity contribution in [2.24, 2.45) is 5.92 Å². The lowest BCUT2D eigenvalue weighted by Crippen LogP contribution is -2.08. The first-order valence-electron chi connectivity index (χ1n) is 8.28. The third-order valence-corrected chi connectivity index (χ3v) is 4.58. The smallest absolute Gasteiger partial charge is 0.159 e. The Morgan fingerprint density at radius 2 is 2.13 bits per heavy atom. The van der Waals surface area contributed by atoms with Crippen LogP contribution in [-0.4, -0.2) is 21.5 Å². The molecule has 122 valence electrons. The summed E-state index contributed by atoms with van der Waals surface area (Å²) in [5, 5.41) is 2.43. The van der Waals surface area contributed by atoms with E-state index in [2.05, 4.69) is 58.5 Å². The van der Waals surface area contributed by atoms with Crippen molar-refractivity contribution in [3.05, 3.63) is 36.3 Å². The van der Waals surface area contributed by atoms with Gasteiger partial charge in [0.2, 0.25) is 0 Å². The number of rotatable bonds is 7. The van der Waals surface area contributed by atoms with Crippen molar-refractivity contribution >= 4 is 34.8 Å². The molecule has 0 fully saturated rings. The Morgan fingerprint density at radius 1 is 1.26 bits per heavy atom. The predicted octanol–water partition coefficient (Wildman–Crippen LogP) is 4.46. The lowest BCUT2D eigenvalue weighted by atomic mass is 9.85. The van der Waals surface area contributed by atoms with E-state index in [0.29, 0.717) is 11.8 Å². The van der Waals surface area contributed by atoms with Gasteiger partial charge in [0.25, 0.3) is 0 Å². The first kappa shape index (κ1) is 16.3. The molecule has 3 aromatic rings. The van der Waals surface area contributed by atoms with Gasteiger partial charge in [0.1, 0.15) is 0 Å². The second kappa shape index (κ2) is 7.32. The topological polar surface area (TPSA) is 53.6 Å². The Balaban J connectivity index is 2.08. The van der Waals surface area contributed by atoms with Crippen molar-refractivity contribution in [3.63, 3.8) is 0 Å². The molecule has 0 saturated carbocycles. The van der Waals surface area contributed by atoms with Crippen molar-refractivity contribution in [2.45, 2.75) is 39.0 Å². The average Bonchev–Trinajstić information content (AvgIpc) is 3.02. The molecule has 0 saturated heterocycles. The van der Waals surface area contributed by atoms with Gasteiger partial charge in [-0.1, -0.05) is 26.7 Å². The Labute approximate surface area is 142 Å². The SMILES string of the molecule is CC(C)CC(CCCNS)c1cc[nH]c2cnc3nccc3c12. The van der Waals surface area contributed by atoms with Crippen LogP contribution in [0.25, 0.3) is 21.9 Å². The molecule has 3 heterocycles. The maximum atomic E-state index is 4.44. The number of hydrogen-bond acceptors (Lipinski definition) is 4. The minimum atomic E-state index is 0.536. The van der Waals surface area contributed by atoms with Crippen molar-refractivity contribution in [2.75, 3.05) is 6.54 Å². The van der Waals surface area contributed by atoms with Gasteiger partial charge in [-0.25, -0.2) is 9.97 Å². The van der Waals surface area contributed by atoms with Crippen LogP contribution in [0.4, 0.5) is 0 Å². The summed E-state index contributed by atoms with van der Waals surface area (Å²) in [7, 11) is 0. The van der Waals surface area contributed by atoms with Gasteiger partial charge < -0.3 is 4.98 Å². The molecule has 3 rings (SSSR count). The first-order chi connectivity index (χ1) is 11.2. The number of hydrogen-bond donors (Lipinski definition) is 3. The number of nitrogens with zero attached hydrogens (tertiary/aromatic N) is 2. The summed E-state index contributed by atoms with van der Waals surface area (Å²) in [5.41, 5.74) is 3.33. The summed E-state index contributed by atoms with van der Waals surface area (Å²) in [6.07, 6.45) is 9.23. The molecule has 4 nitrogen and oxygen atoms in total. The van der Waals surface area contributed by atoms with Crippen LogP contribution < -0.4 is 4.72 Å².